The molecule has 170 valence electrons. The first-order chi connectivity index (χ1) is 15.4. The van der Waals surface area contributed by atoms with E-state index in [1.165, 1.54) is 101 Å². The maximum atomic E-state index is 6.39. The standard InChI is InChI=1S/C30H44O/c1-2-3-4-5-6-7-8-9-10-11-12-13-14-21-26-30(28-24-19-16-20-25-28)29(31-30)27-22-17-15-18-23-27/h15-20,22-25,29H,2-14,21,26H2,1H3. The number of benzene rings is 2. The van der Waals surface area contributed by atoms with Gasteiger partial charge in [-0.1, -0.05) is 157 Å². The van der Waals surface area contributed by atoms with Gasteiger partial charge in [-0.2, -0.15) is 0 Å². The summed E-state index contributed by atoms with van der Waals surface area (Å²) in [5, 5.41) is 0. The highest BCUT2D eigenvalue weighted by Gasteiger charge is 2.57. The fourth-order valence-corrected chi connectivity index (χ4v) is 5.00. The Morgan fingerprint density at radius 2 is 1.03 bits per heavy atom. The number of rotatable bonds is 17. The van der Waals surface area contributed by atoms with Crippen molar-refractivity contribution in [3.8, 4) is 0 Å². The number of ether oxygens (including phenoxy) is 1. The molecule has 1 aliphatic rings. The first-order valence-electron chi connectivity index (χ1n) is 13.1. The van der Waals surface area contributed by atoms with Crippen LogP contribution in [0.15, 0.2) is 60.7 Å². The minimum atomic E-state index is -0.0975. The van der Waals surface area contributed by atoms with Gasteiger partial charge in [0.15, 0.2) is 0 Å². The summed E-state index contributed by atoms with van der Waals surface area (Å²) in [7, 11) is 0. The van der Waals surface area contributed by atoms with Crippen molar-refractivity contribution in [1.82, 2.24) is 0 Å². The highest BCUT2D eigenvalue weighted by molar-refractivity contribution is 5.35. The summed E-state index contributed by atoms with van der Waals surface area (Å²) >= 11 is 0. The van der Waals surface area contributed by atoms with Crippen LogP contribution in [0.3, 0.4) is 0 Å². The first-order valence-corrected chi connectivity index (χ1v) is 13.1. The van der Waals surface area contributed by atoms with Gasteiger partial charge in [0, 0.05) is 0 Å². The molecule has 0 aliphatic carbocycles. The monoisotopic (exact) mass is 420 g/mol. The molecule has 2 atom stereocenters. The maximum Gasteiger partial charge on any atom is 0.124 e. The summed E-state index contributed by atoms with van der Waals surface area (Å²) < 4.78 is 6.39. The average molecular weight is 421 g/mol. The molecule has 0 spiro atoms. The Morgan fingerprint density at radius 1 is 0.581 bits per heavy atom. The van der Waals surface area contributed by atoms with Gasteiger partial charge in [0.1, 0.15) is 11.7 Å². The molecule has 1 heterocycles. The van der Waals surface area contributed by atoms with Gasteiger partial charge in [-0.05, 0) is 17.5 Å². The van der Waals surface area contributed by atoms with Crippen LogP contribution < -0.4 is 0 Å². The van der Waals surface area contributed by atoms with Gasteiger partial charge in [-0.3, -0.25) is 0 Å². The Bertz CT molecular complexity index is 695. The van der Waals surface area contributed by atoms with Gasteiger partial charge >= 0.3 is 0 Å². The van der Waals surface area contributed by atoms with Crippen LogP contribution in [0, 0.1) is 0 Å². The van der Waals surface area contributed by atoms with Crippen LogP contribution in [0.5, 0.6) is 0 Å². The Hall–Kier alpha value is -1.60. The quantitative estimate of drug-likeness (QED) is 0.183. The van der Waals surface area contributed by atoms with Crippen molar-refractivity contribution in [3.05, 3.63) is 71.8 Å². The molecular weight excluding hydrogens is 376 g/mol. The lowest BCUT2D eigenvalue weighted by molar-refractivity contribution is 0.276. The lowest BCUT2D eigenvalue weighted by atomic mass is 9.87. The van der Waals surface area contributed by atoms with Gasteiger partial charge in [0.25, 0.3) is 0 Å². The van der Waals surface area contributed by atoms with Crippen molar-refractivity contribution in [2.24, 2.45) is 0 Å². The van der Waals surface area contributed by atoms with E-state index >= 15 is 0 Å². The highest BCUT2D eigenvalue weighted by Crippen LogP contribution is 2.59. The number of hydrogen-bond acceptors (Lipinski definition) is 1. The van der Waals surface area contributed by atoms with Crippen molar-refractivity contribution in [2.45, 2.75) is 115 Å². The summed E-state index contributed by atoms with van der Waals surface area (Å²) in [4.78, 5) is 0. The van der Waals surface area contributed by atoms with E-state index < -0.39 is 0 Å². The molecule has 0 N–H and O–H groups in total. The molecule has 1 aliphatic heterocycles. The first kappa shape index (κ1) is 24.1. The molecule has 1 heteroatoms. The smallest absolute Gasteiger partial charge is 0.124 e. The summed E-state index contributed by atoms with van der Waals surface area (Å²) in [6.45, 7) is 2.29. The molecule has 1 fully saturated rings. The molecule has 1 saturated heterocycles. The van der Waals surface area contributed by atoms with Crippen LogP contribution in [-0.4, -0.2) is 0 Å². The van der Waals surface area contributed by atoms with Gasteiger partial charge in [-0.15, -0.1) is 0 Å². The van der Waals surface area contributed by atoms with E-state index in [0.717, 1.165) is 6.42 Å². The Kier molecular flexibility index (Phi) is 10.7. The predicted molar refractivity (Wildman–Crippen MR) is 133 cm³/mol. The van der Waals surface area contributed by atoms with Crippen LogP contribution in [0.4, 0.5) is 0 Å². The highest BCUT2D eigenvalue weighted by atomic mass is 16.6. The summed E-state index contributed by atoms with van der Waals surface area (Å²) in [6.07, 6.45) is 21.0. The van der Waals surface area contributed by atoms with Crippen LogP contribution in [0.1, 0.15) is 120 Å². The minimum Gasteiger partial charge on any atom is -0.356 e. The van der Waals surface area contributed by atoms with E-state index in [4.69, 9.17) is 4.74 Å². The van der Waals surface area contributed by atoms with E-state index in [-0.39, 0.29) is 11.7 Å². The van der Waals surface area contributed by atoms with Crippen LogP contribution in [0.25, 0.3) is 0 Å². The van der Waals surface area contributed by atoms with Crippen LogP contribution >= 0.6 is 0 Å². The number of unbranched alkanes of at least 4 members (excludes halogenated alkanes) is 13. The van der Waals surface area contributed by atoms with Crippen molar-refractivity contribution < 1.29 is 4.74 Å². The number of epoxide rings is 1. The van der Waals surface area contributed by atoms with E-state index in [9.17, 15) is 0 Å². The molecule has 0 bridgehead atoms. The Balaban J connectivity index is 1.28. The number of hydrogen-bond donors (Lipinski definition) is 0. The third-order valence-electron chi connectivity index (χ3n) is 6.96. The lowest BCUT2D eigenvalue weighted by Gasteiger charge is -2.14. The van der Waals surface area contributed by atoms with Crippen molar-refractivity contribution >= 4 is 0 Å². The Morgan fingerprint density at radius 3 is 1.55 bits per heavy atom. The molecule has 0 amide bonds. The van der Waals surface area contributed by atoms with E-state index in [1.807, 2.05) is 0 Å². The largest absolute Gasteiger partial charge is 0.356 e. The molecule has 2 unspecified atom stereocenters. The van der Waals surface area contributed by atoms with Gasteiger partial charge in [0.2, 0.25) is 0 Å². The van der Waals surface area contributed by atoms with Crippen molar-refractivity contribution in [2.75, 3.05) is 0 Å². The third kappa shape index (κ3) is 7.79. The predicted octanol–water partition coefficient (Wildman–Crippen LogP) is 9.52. The SMILES string of the molecule is CCCCCCCCCCCCCCCCC1(c2ccccc2)OC1c1ccccc1. The average Bonchev–Trinajstić information content (AvgIpc) is 3.56. The van der Waals surface area contributed by atoms with Gasteiger partial charge in [0.05, 0.1) is 0 Å². The van der Waals surface area contributed by atoms with E-state index in [0.29, 0.717) is 0 Å². The fourth-order valence-electron chi connectivity index (χ4n) is 5.00. The zero-order chi connectivity index (χ0) is 21.6. The van der Waals surface area contributed by atoms with Crippen LogP contribution in [-0.2, 0) is 10.3 Å². The Labute approximate surface area is 191 Å². The van der Waals surface area contributed by atoms with Gasteiger partial charge in [-0.25, -0.2) is 0 Å². The second-order valence-electron chi connectivity index (χ2n) is 9.51. The molecule has 3 rings (SSSR count). The van der Waals surface area contributed by atoms with Crippen molar-refractivity contribution in [1.29, 1.82) is 0 Å². The van der Waals surface area contributed by atoms with E-state index in [1.54, 1.807) is 0 Å². The third-order valence-corrected chi connectivity index (χ3v) is 6.96. The van der Waals surface area contributed by atoms with Crippen LogP contribution in [0.2, 0.25) is 0 Å². The molecule has 31 heavy (non-hydrogen) atoms. The van der Waals surface area contributed by atoms with E-state index in [2.05, 4.69) is 67.6 Å². The second kappa shape index (κ2) is 13.7. The molecule has 1 nitrogen and oxygen atoms in total. The summed E-state index contributed by atoms with van der Waals surface area (Å²) in [5.41, 5.74) is 2.56. The molecule has 2 aromatic rings. The summed E-state index contributed by atoms with van der Waals surface area (Å²) in [6, 6.07) is 21.6. The van der Waals surface area contributed by atoms with Gasteiger partial charge < -0.3 is 4.74 Å². The molecular formula is C30H44O. The summed E-state index contributed by atoms with van der Waals surface area (Å²) in [5.74, 6) is 0. The molecule has 2 aromatic carbocycles. The molecule has 0 saturated carbocycles. The minimum absolute atomic E-state index is 0.0975. The zero-order valence-corrected chi connectivity index (χ0v) is 19.9. The normalized spacial score (nSPS) is 20.1. The maximum absolute atomic E-state index is 6.39. The second-order valence-corrected chi connectivity index (χ2v) is 9.51. The zero-order valence-electron chi connectivity index (χ0n) is 19.9. The molecule has 0 radical (unpaired) electrons. The fraction of sp³-hybridized carbons (Fsp3) is 0.600. The van der Waals surface area contributed by atoms with Crippen molar-refractivity contribution in [3.63, 3.8) is 0 Å². The topological polar surface area (TPSA) is 12.5 Å². The lowest BCUT2D eigenvalue weighted by Crippen LogP contribution is -2.10. The molecule has 0 aromatic heterocycles.